The molecule has 0 saturated carbocycles. The zero-order valence-corrected chi connectivity index (χ0v) is 12.1. The molecule has 98 valence electrons. The highest BCUT2D eigenvalue weighted by atomic mass is 32.2. The van der Waals surface area contributed by atoms with Crippen molar-refractivity contribution in [3.8, 4) is 6.07 Å². The summed E-state index contributed by atoms with van der Waals surface area (Å²) in [4.78, 5) is 0. The van der Waals surface area contributed by atoms with E-state index in [1.807, 2.05) is 42.1 Å². The third-order valence-corrected chi connectivity index (χ3v) is 4.35. The number of nitrogens with zero attached hydrogens (tertiary/aromatic N) is 1. The second-order valence-corrected chi connectivity index (χ2v) is 5.86. The Morgan fingerprint density at radius 2 is 1.95 bits per heavy atom. The van der Waals surface area contributed by atoms with Gasteiger partial charge in [0.05, 0.1) is 11.6 Å². The number of rotatable bonds is 5. The quantitative estimate of drug-likeness (QED) is 0.881. The van der Waals surface area contributed by atoms with E-state index in [0.29, 0.717) is 5.25 Å². The number of hydrogen-bond acceptors (Lipinski definition) is 3. The third kappa shape index (κ3) is 3.21. The maximum absolute atomic E-state index is 9.13. The van der Waals surface area contributed by atoms with Crippen molar-refractivity contribution in [1.82, 2.24) is 0 Å². The Morgan fingerprint density at radius 3 is 2.63 bits per heavy atom. The van der Waals surface area contributed by atoms with Crippen molar-refractivity contribution in [2.45, 2.75) is 18.6 Å². The molecule has 0 aliphatic heterocycles. The van der Waals surface area contributed by atoms with Gasteiger partial charge in [0.15, 0.2) is 0 Å². The van der Waals surface area contributed by atoms with E-state index >= 15 is 0 Å². The molecule has 0 heterocycles. The topological polar surface area (TPSA) is 35.8 Å². The minimum absolute atomic E-state index is 0.664. The molecule has 0 aliphatic carbocycles. The second kappa shape index (κ2) is 6.49. The molecule has 0 aromatic heterocycles. The number of nitriles is 1. The molecule has 2 rings (SSSR count). The Bertz CT molecular complexity index is 601. The van der Waals surface area contributed by atoms with Gasteiger partial charge in [0, 0.05) is 28.3 Å². The Balaban J connectivity index is 2.23. The van der Waals surface area contributed by atoms with Gasteiger partial charge in [-0.15, -0.1) is 0 Å². The molecule has 2 aromatic rings. The van der Waals surface area contributed by atoms with Crippen LogP contribution in [0.5, 0.6) is 0 Å². The number of nitrogens with one attached hydrogen (secondary N) is 1. The van der Waals surface area contributed by atoms with Crippen molar-refractivity contribution < 1.29 is 0 Å². The lowest BCUT2D eigenvalue weighted by Gasteiger charge is -2.12. The third-order valence-electron chi connectivity index (χ3n) is 3.31. The lowest BCUT2D eigenvalue weighted by Crippen LogP contribution is -2.08. The molecule has 1 atom stereocenters. The van der Waals surface area contributed by atoms with Crippen LogP contribution < -0.4 is 5.32 Å². The summed E-state index contributed by atoms with van der Waals surface area (Å²) in [5, 5.41) is 15.4. The molecular formula is C16H18N2S. The van der Waals surface area contributed by atoms with Crippen LogP contribution in [0.1, 0.15) is 18.9 Å². The average Bonchev–Trinajstić information content (AvgIpc) is 2.47. The fourth-order valence-corrected chi connectivity index (χ4v) is 2.43. The van der Waals surface area contributed by atoms with Gasteiger partial charge in [-0.1, -0.05) is 31.2 Å². The predicted octanol–water partition coefficient (Wildman–Crippen LogP) is 4.26. The van der Waals surface area contributed by atoms with Gasteiger partial charge >= 0.3 is 0 Å². The van der Waals surface area contributed by atoms with Gasteiger partial charge in [-0.25, -0.2) is 0 Å². The SMILES string of the molecule is CSC(C)CCNc1ccc(C#N)c2ccccc12. The average molecular weight is 270 g/mol. The van der Waals surface area contributed by atoms with E-state index < -0.39 is 0 Å². The highest BCUT2D eigenvalue weighted by Crippen LogP contribution is 2.26. The minimum atomic E-state index is 0.664. The van der Waals surface area contributed by atoms with Crippen LogP contribution in [0.15, 0.2) is 36.4 Å². The van der Waals surface area contributed by atoms with E-state index in [2.05, 4.69) is 30.6 Å². The molecule has 0 saturated heterocycles. The van der Waals surface area contributed by atoms with Crippen LogP contribution in [-0.4, -0.2) is 18.1 Å². The van der Waals surface area contributed by atoms with Crippen LogP contribution in [0, 0.1) is 11.3 Å². The van der Waals surface area contributed by atoms with E-state index in [-0.39, 0.29) is 0 Å². The van der Waals surface area contributed by atoms with Crippen molar-refractivity contribution in [3.05, 3.63) is 42.0 Å². The van der Waals surface area contributed by atoms with Crippen molar-refractivity contribution in [2.75, 3.05) is 18.1 Å². The summed E-state index contributed by atoms with van der Waals surface area (Å²) < 4.78 is 0. The lowest BCUT2D eigenvalue weighted by molar-refractivity contribution is 0.854. The highest BCUT2D eigenvalue weighted by molar-refractivity contribution is 7.99. The molecule has 0 amide bonds. The van der Waals surface area contributed by atoms with Crippen LogP contribution in [0.2, 0.25) is 0 Å². The molecule has 1 unspecified atom stereocenters. The largest absolute Gasteiger partial charge is 0.385 e. The smallest absolute Gasteiger partial charge is 0.0998 e. The summed E-state index contributed by atoms with van der Waals surface area (Å²) in [5.41, 5.74) is 1.85. The standard InChI is InChI=1S/C16H18N2S/c1-12(19-2)9-10-18-16-8-7-13(11-17)14-5-3-4-6-15(14)16/h3-8,12,18H,9-10H2,1-2H3. The Hall–Kier alpha value is -1.66. The number of hydrogen-bond donors (Lipinski definition) is 1. The minimum Gasteiger partial charge on any atom is -0.385 e. The molecule has 0 radical (unpaired) electrons. The van der Waals surface area contributed by atoms with Crippen molar-refractivity contribution >= 4 is 28.2 Å². The summed E-state index contributed by atoms with van der Waals surface area (Å²) >= 11 is 1.89. The Labute approximate surface area is 118 Å². The first-order chi connectivity index (χ1) is 9.26. The Kier molecular flexibility index (Phi) is 4.70. The van der Waals surface area contributed by atoms with E-state index in [4.69, 9.17) is 5.26 Å². The first-order valence-corrected chi connectivity index (χ1v) is 7.73. The van der Waals surface area contributed by atoms with Crippen LogP contribution in [0.4, 0.5) is 5.69 Å². The number of benzene rings is 2. The molecule has 0 aliphatic rings. The van der Waals surface area contributed by atoms with Crippen molar-refractivity contribution in [3.63, 3.8) is 0 Å². The van der Waals surface area contributed by atoms with E-state index in [9.17, 15) is 0 Å². The predicted molar refractivity (Wildman–Crippen MR) is 84.7 cm³/mol. The summed E-state index contributed by atoms with van der Waals surface area (Å²) in [6.45, 7) is 3.20. The maximum atomic E-state index is 9.13. The van der Waals surface area contributed by atoms with Crippen molar-refractivity contribution in [2.24, 2.45) is 0 Å². The van der Waals surface area contributed by atoms with Gasteiger partial charge in [-0.2, -0.15) is 17.0 Å². The molecule has 1 N–H and O–H groups in total. The molecular weight excluding hydrogens is 252 g/mol. The molecule has 2 nitrogen and oxygen atoms in total. The highest BCUT2D eigenvalue weighted by Gasteiger charge is 2.05. The van der Waals surface area contributed by atoms with Gasteiger partial charge in [0.25, 0.3) is 0 Å². The fourth-order valence-electron chi connectivity index (χ4n) is 2.08. The first kappa shape index (κ1) is 13.8. The zero-order valence-electron chi connectivity index (χ0n) is 11.3. The van der Waals surface area contributed by atoms with Gasteiger partial charge in [-0.05, 0) is 24.8 Å². The van der Waals surface area contributed by atoms with E-state index in [1.54, 1.807) is 0 Å². The van der Waals surface area contributed by atoms with Crippen molar-refractivity contribution in [1.29, 1.82) is 5.26 Å². The zero-order chi connectivity index (χ0) is 13.7. The fraction of sp³-hybridized carbons (Fsp3) is 0.312. The monoisotopic (exact) mass is 270 g/mol. The summed E-state index contributed by atoms with van der Waals surface area (Å²) in [5.74, 6) is 0. The molecule has 0 bridgehead atoms. The van der Waals surface area contributed by atoms with Gasteiger partial charge < -0.3 is 5.32 Å². The van der Waals surface area contributed by atoms with E-state index in [0.717, 1.165) is 35.0 Å². The molecule has 19 heavy (non-hydrogen) atoms. The molecule has 0 spiro atoms. The van der Waals surface area contributed by atoms with Gasteiger partial charge in [0.1, 0.15) is 0 Å². The van der Waals surface area contributed by atoms with Crippen LogP contribution in [0.3, 0.4) is 0 Å². The summed E-state index contributed by atoms with van der Waals surface area (Å²) in [6, 6.07) is 14.2. The summed E-state index contributed by atoms with van der Waals surface area (Å²) in [7, 11) is 0. The first-order valence-electron chi connectivity index (χ1n) is 6.44. The molecule has 0 fully saturated rings. The van der Waals surface area contributed by atoms with Crippen LogP contribution in [-0.2, 0) is 0 Å². The number of thioether (sulfide) groups is 1. The van der Waals surface area contributed by atoms with E-state index in [1.165, 1.54) is 0 Å². The van der Waals surface area contributed by atoms with Gasteiger partial charge in [-0.3, -0.25) is 0 Å². The molecule has 3 heteroatoms. The number of anilines is 1. The summed E-state index contributed by atoms with van der Waals surface area (Å²) in [6.07, 6.45) is 3.28. The van der Waals surface area contributed by atoms with Gasteiger partial charge in [0.2, 0.25) is 0 Å². The number of fused-ring (bicyclic) bond motifs is 1. The van der Waals surface area contributed by atoms with Crippen LogP contribution in [0.25, 0.3) is 10.8 Å². The molecule has 2 aromatic carbocycles. The normalized spacial score (nSPS) is 12.1. The Morgan fingerprint density at radius 1 is 1.21 bits per heavy atom. The lowest BCUT2D eigenvalue weighted by atomic mass is 10.0. The maximum Gasteiger partial charge on any atom is 0.0998 e. The van der Waals surface area contributed by atoms with Crippen LogP contribution >= 0.6 is 11.8 Å². The second-order valence-electron chi connectivity index (χ2n) is 4.58.